The molecule has 1 amide bonds. The monoisotopic (exact) mass is 328 g/mol. The van der Waals surface area contributed by atoms with Crippen LogP contribution in [0, 0.1) is 5.92 Å². The van der Waals surface area contributed by atoms with Crippen LogP contribution < -0.4 is 5.56 Å². The molecule has 2 heterocycles. The summed E-state index contributed by atoms with van der Waals surface area (Å²) in [5, 5.41) is 10.0. The lowest BCUT2D eigenvalue weighted by Gasteiger charge is -2.37. The number of hydrogen-bond acceptors (Lipinski definition) is 3. The summed E-state index contributed by atoms with van der Waals surface area (Å²) in [6, 6.07) is 8.20. The lowest BCUT2D eigenvalue weighted by atomic mass is 9.89. The molecule has 1 aromatic carbocycles. The Labute approximate surface area is 139 Å². The van der Waals surface area contributed by atoms with Gasteiger partial charge in [-0.1, -0.05) is 18.2 Å². The highest BCUT2D eigenvalue weighted by atomic mass is 16.4. The number of fused-ring (bicyclic) bond motifs is 1. The quantitative estimate of drug-likeness (QED) is 0.912. The number of piperidine rings is 1. The predicted octanol–water partition coefficient (Wildman–Crippen LogP) is 1.86. The second-order valence-electron chi connectivity index (χ2n) is 6.30. The van der Waals surface area contributed by atoms with E-state index in [1.54, 1.807) is 24.9 Å². The number of carbonyl (C=O) groups excluding carboxylic acids is 1. The van der Waals surface area contributed by atoms with Gasteiger partial charge in [-0.25, -0.2) is 0 Å². The Balaban J connectivity index is 2.08. The Kier molecular flexibility index (Phi) is 4.13. The molecule has 0 unspecified atom stereocenters. The zero-order valence-corrected chi connectivity index (χ0v) is 13.7. The highest BCUT2D eigenvalue weighted by molar-refractivity contribution is 6.06. The number of amides is 1. The van der Waals surface area contributed by atoms with Crippen LogP contribution in [0.25, 0.3) is 10.9 Å². The van der Waals surface area contributed by atoms with E-state index in [9.17, 15) is 19.5 Å². The van der Waals surface area contributed by atoms with Gasteiger partial charge < -0.3 is 14.6 Å². The van der Waals surface area contributed by atoms with Crippen molar-refractivity contribution in [2.45, 2.75) is 25.8 Å². The SMILES string of the molecule is C[C@@H]1[C@H](C(=O)O)CCCN1C(=O)c1cc(=O)n(C)c2ccccc12. The van der Waals surface area contributed by atoms with E-state index in [1.807, 2.05) is 18.2 Å². The topological polar surface area (TPSA) is 79.6 Å². The van der Waals surface area contributed by atoms with Crippen LogP contribution in [-0.4, -0.2) is 39.0 Å². The van der Waals surface area contributed by atoms with Crippen molar-refractivity contribution in [2.24, 2.45) is 13.0 Å². The van der Waals surface area contributed by atoms with Gasteiger partial charge in [-0.2, -0.15) is 0 Å². The van der Waals surface area contributed by atoms with Crippen LogP contribution in [0.1, 0.15) is 30.1 Å². The minimum absolute atomic E-state index is 0.253. The molecular formula is C18H20N2O4. The molecule has 1 N–H and O–H groups in total. The standard InChI is InChI=1S/C18H20N2O4/c1-11-12(18(23)24)7-5-9-20(11)17(22)14-10-16(21)19(2)15-8-4-3-6-13(14)15/h3-4,6,8,10-12H,5,7,9H2,1-2H3,(H,23,24)/t11-,12-/m1/s1. The van der Waals surface area contributed by atoms with Crippen molar-refractivity contribution in [3.05, 3.63) is 46.2 Å². The van der Waals surface area contributed by atoms with Crippen molar-refractivity contribution in [3.8, 4) is 0 Å². The van der Waals surface area contributed by atoms with Crippen molar-refractivity contribution in [3.63, 3.8) is 0 Å². The van der Waals surface area contributed by atoms with Gasteiger partial charge in [0.25, 0.3) is 11.5 Å². The Bertz CT molecular complexity index is 871. The lowest BCUT2D eigenvalue weighted by Crippen LogP contribution is -2.49. The summed E-state index contributed by atoms with van der Waals surface area (Å²) in [6.07, 6.45) is 1.22. The van der Waals surface area contributed by atoms with Crippen LogP contribution in [0.4, 0.5) is 0 Å². The number of nitrogens with zero attached hydrogens (tertiary/aromatic N) is 2. The molecule has 6 nitrogen and oxygen atoms in total. The average Bonchev–Trinajstić information content (AvgIpc) is 2.57. The first kappa shape index (κ1) is 16.2. The van der Waals surface area contributed by atoms with E-state index in [0.717, 1.165) is 0 Å². The molecule has 0 saturated carbocycles. The van der Waals surface area contributed by atoms with Crippen molar-refractivity contribution < 1.29 is 14.7 Å². The van der Waals surface area contributed by atoms with Gasteiger partial charge in [0.15, 0.2) is 0 Å². The van der Waals surface area contributed by atoms with Gasteiger partial charge in [-0.3, -0.25) is 14.4 Å². The number of hydrogen-bond donors (Lipinski definition) is 1. The zero-order valence-electron chi connectivity index (χ0n) is 13.7. The molecule has 3 rings (SSSR count). The van der Waals surface area contributed by atoms with E-state index >= 15 is 0 Å². The maximum Gasteiger partial charge on any atom is 0.308 e. The number of carboxylic acids is 1. The zero-order chi connectivity index (χ0) is 17.4. The first-order chi connectivity index (χ1) is 11.4. The second kappa shape index (κ2) is 6.11. The average molecular weight is 328 g/mol. The van der Waals surface area contributed by atoms with E-state index in [0.29, 0.717) is 35.9 Å². The van der Waals surface area contributed by atoms with E-state index in [-0.39, 0.29) is 11.5 Å². The van der Waals surface area contributed by atoms with Crippen molar-refractivity contribution >= 4 is 22.8 Å². The molecule has 1 aliphatic rings. The minimum atomic E-state index is -0.881. The van der Waals surface area contributed by atoms with Gasteiger partial charge in [-0.05, 0) is 25.8 Å². The molecule has 1 fully saturated rings. The van der Waals surface area contributed by atoms with Crippen molar-refractivity contribution in [1.29, 1.82) is 0 Å². The fourth-order valence-electron chi connectivity index (χ4n) is 3.50. The predicted molar refractivity (Wildman–Crippen MR) is 90.0 cm³/mol. The number of benzene rings is 1. The molecule has 24 heavy (non-hydrogen) atoms. The van der Waals surface area contributed by atoms with Crippen LogP contribution in [0.3, 0.4) is 0 Å². The first-order valence-electron chi connectivity index (χ1n) is 8.04. The summed E-state index contributed by atoms with van der Waals surface area (Å²) < 4.78 is 1.51. The normalized spacial score (nSPS) is 21.0. The summed E-state index contributed by atoms with van der Waals surface area (Å²) in [4.78, 5) is 38.2. The Hall–Kier alpha value is -2.63. The number of aryl methyl sites for hydroxylation is 1. The third-order valence-electron chi connectivity index (χ3n) is 4.95. The number of rotatable bonds is 2. The molecule has 126 valence electrons. The smallest absolute Gasteiger partial charge is 0.308 e. The summed E-state index contributed by atoms with van der Waals surface area (Å²) >= 11 is 0. The van der Waals surface area contributed by atoms with Crippen molar-refractivity contribution in [1.82, 2.24) is 9.47 Å². The number of para-hydroxylation sites is 1. The number of carboxylic acid groups (broad SMARTS) is 1. The molecule has 2 aromatic rings. The van der Waals surface area contributed by atoms with Gasteiger partial charge in [0.05, 0.1) is 17.0 Å². The number of carbonyl (C=O) groups is 2. The molecule has 0 bridgehead atoms. The number of likely N-dealkylation sites (tertiary alicyclic amines) is 1. The lowest BCUT2D eigenvalue weighted by molar-refractivity contribution is -0.144. The number of aromatic nitrogens is 1. The molecule has 1 aliphatic heterocycles. The Morgan fingerprint density at radius 1 is 1.25 bits per heavy atom. The largest absolute Gasteiger partial charge is 0.481 e. The summed E-state index contributed by atoms with van der Waals surface area (Å²) in [6.45, 7) is 2.27. The Morgan fingerprint density at radius 2 is 1.96 bits per heavy atom. The number of aliphatic carboxylic acids is 1. The van der Waals surface area contributed by atoms with Crippen molar-refractivity contribution in [2.75, 3.05) is 6.54 Å². The third kappa shape index (κ3) is 2.58. The molecule has 0 aliphatic carbocycles. The van der Waals surface area contributed by atoms with Gasteiger partial charge >= 0.3 is 5.97 Å². The molecule has 1 aromatic heterocycles. The fraction of sp³-hybridized carbons (Fsp3) is 0.389. The maximum atomic E-state index is 13.0. The molecule has 2 atom stereocenters. The van der Waals surface area contributed by atoms with Gasteiger partial charge in [0.2, 0.25) is 0 Å². The molecule has 0 radical (unpaired) electrons. The number of pyridine rings is 1. The molecule has 1 saturated heterocycles. The Morgan fingerprint density at radius 3 is 2.67 bits per heavy atom. The van der Waals surface area contributed by atoms with Crippen LogP contribution in [0.15, 0.2) is 35.1 Å². The van der Waals surface area contributed by atoms with Gasteiger partial charge in [0.1, 0.15) is 0 Å². The van der Waals surface area contributed by atoms with Crippen LogP contribution in [-0.2, 0) is 11.8 Å². The van der Waals surface area contributed by atoms with Crippen LogP contribution in [0.5, 0.6) is 0 Å². The first-order valence-corrected chi connectivity index (χ1v) is 8.04. The van der Waals surface area contributed by atoms with E-state index in [4.69, 9.17) is 0 Å². The van der Waals surface area contributed by atoms with Crippen LogP contribution >= 0.6 is 0 Å². The second-order valence-corrected chi connectivity index (χ2v) is 6.30. The summed E-state index contributed by atoms with van der Waals surface area (Å²) in [7, 11) is 1.67. The molecule has 0 spiro atoms. The highest BCUT2D eigenvalue weighted by Gasteiger charge is 2.36. The van der Waals surface area contributed by atoms with E-state index < -0.39 is 17.9 Å². The summed E-state index contributed by atoms with van der Waals surface area (Å²) in [5.74, 6) is -1.73. The van der Waals surface area contributed by atoms with E-state index in [1.165, 1.54) is 10.6 Å². The van der Waals surface area contributed by atoms with Gasteiger partial charge in [0, 0.05) is 31.1 Å². The van der Waals surface area contributed by atoms with Crippen LogP contribution in [0.2, 0.25) is 0 Å². The van der Waals surface area contributed by atoms with E-state index in [2.05, 4.69) is 0 Å². The molecule has 6 heteroatoms. The fourth-order valence-corrected chi connectivity index (χ4v) is 3.50. The minimum Gasteiger partial charge on any atom is -0.481 e. The van der Waals surface area contributed by atoms with Gasteiger partial charge in [-0.15, -0.1) is 0 Å². The summed E-state index contributed by atoms with van der Waals surface area (Å²) in [5.41, 5.74) is 0.774. The highest BCUT2D eigenvalue weighted by Crippen LogP contribution is 2.27. The third-order valence-corrected chi connectivity index (χ3v) is 4.95. The maximum absolute atomic E-state index is 13.0. The molecular weight excluding hydrogens is 308 g/mol.